The number of halogens is 4. The fourth-order valence-electron chi connectivity index (χ4n) is 4.60. The monoisotopic (exact) mass is 432 g/mol. The number of rotatable bonds is 6. The first-order chi connectivity index (χ1) is 14.7. The number of fused-ring (bicyclic) bond motifs is 1. The molecule has 6 rings (SSSR count). The summed E-state index contributed by atoms with van der Waals surface area (Å²) >= 11 is 0. The maximum atomic E-state index is 13.7. The number of amides is 1. The molecule has 0 unspecified atom stereocenters. The second kappa shape index (κ2) is 6.82. The first-order valence-corrected chi connectivity index (χ1v) is 10.0. The topological polar surface area (TPSA) is 54.1 Å². The molecule has 1 aromatic heterocycles. The first-order valence-electron chi connectivity index (χ1n) is 10.0. The summed E-state index contributed by atoms with van der Waals surface area (Å²) in [4.78, 5) is 15.7. The number of alkyl halides is 4. The number of hydrogen-bond acceptors (Lipinski definition) is 2. The van der Waals surface area contributed by atoms with Crippen LogP contribution in [0.3, 0.4) is 0 Å². The van der Waals surface area contributed by atoms with Gasteiger partial charge in [0.15, 0.2) is 0 Å². The molecule has 3 aliphatic rings. The number of hydrogen-bond donors (Lipinski definition) is 2. The van der Waals surface area contributed by atoms with Gasteiger partial charge in [0, 0.05) is 17.1 Å². The Morgan fingerprint density at radius 2 is 1.68 bits per heavy atom. The second-order valence-corrected chi connectivity index (χ2v) is 8.69. The molecule has 1 amide bonds. The molecule has 0 spiro atoms. The van der Waals surface area contributed by atoms with Gasteiger partial charge in [0.1, 0.15) is 5.67 Å². The van der Waals surface area contributed by atoms with Gasteiger partial charge in [-0.3, -0.25) is 4.79 Å². The summed E-state index contributed by atoms with van der Waals surface area (Å²) in [6.07, 6.45) is -1.73. The van der Waals surface area contributed by atoms with Gasteiger partial charge in [0.2, 0.25) is 5.91 Å². The van der Waals surface area contributed by atoms with E-state index in [-0.39, 0.29) is 19.1 Å². The van der Waals surface area contributed by atoms with Crippen molar-refractivity contribution in [2.24, 2.45) is 5.41 Å². The number of ether oxygens (including phenoxy) is 1. The van der Waals surface area contributed by atoms with Gasteiger partial charge < -0.3 is 15.0 Å². The standard InChI is InChI=1S/C23H20F4N2O2/c24-22-11-21(12-22,13-22)20(30)29-19-8-28-18-6-3-15(7-17(18)19)10-31-9-14-1-4-16(5-2-14)23(25,26)27/h1-8,28H,9-13H2,(H,29,30). The summed E-state index contributed by atoms with van der Waals surface area (Å²) in [7, 11) is 0. The molecule has 8 heteroatoms. The van der Waals surface area contributed by atoms with Gasteiger partial charge >= 0.3 is 6.18 Å². The molecule has 3 fully saturated rings. The third-order valence-electron chi connectivity index (χ3n) is 6.26. The number of aromatic amines is 1. The highest BCUT2D eigenvalue weighted by molar-refractivity contribution is 6.05. The fourth-order valence-corrected chi connectivity index (χ4v) is 4.60. The highest BCUT2D eigenvalue weighted by atomic mass is 19.4. The SMILES string of the molecule is O=C(Nc1c[nH]c2ccc(COCc3ccc(C(F)(F)F)cc3)cc12)C12CC(F)(C1)C2. The first kappa shape index (κ1) is 20.1. The van der Waals surface area contributed by atoms with Gasteiger partial charge in [-0.05, 0) is 54.7 Å². The number of anilines is 1. The van der Waals surface area contributed by atoms with E-state index in [0.717, 1.165) is 28.6 Å². The number of H-pyrrole nitrogens is 1. The third-order valence-corrected chi connectivity index (χ3v) is 6.26. The third kappa shape index (κ3) is 3.59. The minimum absolute atomic E-state index is 0.142. The average Bonchev–Trinajstić information content (AvgIpc) is 3.06. The van der Waals surface area contributed by atoms with Gasteiger partial charge in [-0.1, -0.05) is 18.2 Å². The van der Waals surface area contributed by atoms with E-state index < -0.39 is 22.8 Å². The Bertz CT molecular complexity index is 1130. The van der Waals surface area contributed by atoms with Crippen LogP contribution < -0.4 is 5.32 Å². The summed E-state index contributed by atoms with van der Waals surface area (Å²) in [5.74, 6) is -0.142. The molecule has 3 aliphatic carbocycles. The Hall–Kier alpha value is -2.87. The van der Waals surface area contributed by atoms with Crippen LogP contribution in [0.25, 0.3) is 10.9 Å². The molecule has 0 radical (unpaired) electrons. The lowest BCUT2D eigenvalue weighted by molar-refractivity contribution is -0.209. The Morgan fingerprint density at radius 3 is 2.32 bits per heavy atom. The molecular weight excluding hydrogens is 412 g/mol. The van der Waals surface area contributed by atoms with Crippen LogP contribution in [0.5, 0.6) is 0 Å². The lowest BCUT2D eigenvalue weighted by atomic mass is 9.42. The maximum Gasteiger partial charge on any atom is 0.416 e. The molecule has 2 aromatic carbocycles. The van der Waals surface area contributed by atoms with Gasteiger partial charge in [-0.15, -0.1) is 0 Å². The largest absolute Gasteiger partial charge is 0.416 e. The van der Waals surface area contributed by atoms with E-state index in [1.165, 1.54) is 12.1 Å². The molecule has 31 heavy (non-hydrogen) atoms. The lowest BCUT2D eigenvalue weighted by Gasteiger charge is -2.64. The summed E-state index contributed by atoms with van der Waals surface area (Å²) in [6, 6.07) is 10.5. The number of aromatic nitrogens is 1. The molecule has 162 valence electrons. The van der Waals surface area contributed by atoms with E-state index in [9.17, 15) is 22.4 Å². The van der Waals surface area contributed by atoms with Crippen LogP contribution in [0.15, 0.2) is 48.7 Å². The zero-order valence-corrected chi connectivity index (χ0v) is 16.5. The second-order valence-electron chi connectivity index (χ2n) is 8.69. The zero-order valence-electron chi connectivity index (χ0n) is 16.5. The molecule has 0 saturated heterocycles. The number of carbonyl (C=O) groups is 1. The molecular formula is C23H20F4N2O2. The minimum atomic E-state index is -4.36. The molecule has 1 heterocycles. The summed E-state index contributed by atoms with van der Waals surface area (Å²) in [5, 5.41) is 3.74. The van der Waals surface area contributed by atoms with Crippen molar-refractivity contribution in [3.63, 3.8) is 0 Å². The summed E-state index contributed by atoms with van der Waals surface area (Å²) in [6.45, 7) is 0.449. The highest BCUT2D eigenvalue weighted by Gasteiger charge is 2.72. The Labute approximate surface area is 175 Å². The van der Waals surface area contributed by atoms with Crippen molar-refractivity contribution in [3.05, 3.63) is 65.4 Å². The molecule has 4 nitrogen and oxygen atoms in total. The van der Waals surface area contributed by atoms with Gasteiger partial charge in [-0.2, -0.15) is 13.2 Å². The molecule has 0 atom stereocenters. The Morgan fingerprint density at radius 1 is 1.03 bits per heavy atom. The van der Waals surface area contributed by atoms with E-state index in [4.69, 9.17) is 4.74 Å². The van der Waals surface area contributed by atoms with Gasteiger partial charge in [0.25, 0.3) is 0 Å². The van der Waals surface area contributed by atoms with E-state index in [0.29, 0.717) is 30.5 Å². The molecule has 0 aliphatic heterocycles. The van der Waals surface area contributed by atoms with E-state index >= 15 is 0 Å². The van der Waals surface area contributed by atoms with Crippen molar-refractivity contribution in [2.45, 2.75) is 44.3 Å². The minimum Gasteiger partial charge on any atom is -0.372 e. The van der Waals surface area contributed by atoms with E-state index in [2.05, 4.69) is 10.3 Å². The summed E-state index contributed by atoms with van der Waals surface area (Å²) in [5.41, 5.74) is 0.624. The molecule has 2 N–H and O–H groups in total. The van der Waals surface area contributed by atoms with Crippen LogP contribution >= 0.6 is 0 Å². The van der Waals surface area contributed by atoms with Crippen molar-refractivity contribution in [3.8, 4) is 0 Å². The highest BCUT2D eigenvalue weighted by Crippen LogP contribution is 2.69. The van der Waals surface area contributed by atoms with Crippen molar-refractivity contribution in [1.29, 1.82) is 0 Å². The number of carbonyl (C=O) groups excluding carboxylic acids is 1. The molecule has 3 saturated carbocycles. The zero-order chi connectivity index (χ0) is 21.9. The quantitative estimate of drug-likeness (QED) is 0.489. The lowest BCUT2D eigenvalue weighted by Crippen LogP contribution is -2.68. The van der Waals surface area contributed by atoms with Crippen LogP contribution in [0.4, 0.5) is 23.2 Å². The number of benzene rings is 2. The van der Waals surface area contributed by atoms with Crippen LogP contribution in [0, 0.1) is 5.41 Å². The molecule has 2 bridgehead atoms. The fraction of sp³-hybridized carbons (Fsp3) is 0.348. The maximum absolute atomic E-state index is 13.7. The van der Waals surface area contributed by atoms with Crippen LogP contribution in [0.2, 0.25) is 0 Å². The van der Waals surface area contributed by atoms with E-state index in [1.807, 2.05) is 18.2 Å². The van der Waals surface area contributed by atoms with E-state index in [1.54, 1.807) is 6.20 Å². The van der Waals surface area contributed by atoms with Crippen molar-refractivity contribution >= 4 is 22.5 Å². The summed E-state index contributed by atoms with van der Waals surface area (Å²) < 4.78 is 57.3. The molecule has 3 aromatic rings. The predicted octanol–water partition coefficient (Wildman–Crippen LogP) is 5.73. The van der Waals surface area contributed by atoms with Gasteiger partial charge in [0.05, 0.1) is 29.9 Å². The van der Waals surface area contributed by atoms with Crippen molar-refractivity contribution < 1.29 is 27.1 Å². The Kier molecular flexibility index (Phi) is 4.41. The van der Waals surface area contributed by atoms with Crippen LogP contribution in [-0.4, -0.2) is 16.6 Å². The smallest absolute Gasteiger partial charge is 0.372 e. The van der Waals surface area contributed by atoms with Crippen LogP contribution in [-0.2, 0) is 28.9 Å². The predicted molar refractivity (Wildman–Crippen MR) is 107 cm³/mol. The van der Waals surface area contributed by atoms with Crippen molar-refractivity contribution in [2.75, 3.05) is 5.32 Å². The number of nitrogens with one attached hydrogen (secondary N) is 2. The normalized spacial score (nSPS) is 24.5. The Balaban J connectivity index is 1.22. The van der Waals surface area contributed by atoms with Crippen LogP contribution in [0.1, 0.15) is 36.0 Å². The van der Waals surface area contributed by atoms with Crippen molar-refractivity contribution in [1.82, 2.24) is 4.98 Å². The average molecular weight is 432 g/mol. The van der Waals surface area contributed by atoms with Gasteiger partial charge in [-0.25, -0.2) is 4.39 Å².